The molecule has 14 heteroatoms. The number of epoxide rings is 1. The van der Waals surface area contributed by atoms with Gasteiger partial charge in [0, 0.05) is 5.92 Å². The number of aromatic hydroxyl groups is 2. The van der Waals surface area contributed by atoms with Crippen molar-refractivity contribution in [3.05, 3.63) is 72.0 Å². The van der Waals surface area contributed by atoms with E-state index in [0.29, 0.717) is 0 Å². The molecule has 230 valence electrons. The van der Waals surface area contributed by atoms with Crippen LogP contribution in [-0.2, 0) is 28.4 Å². The monoisotopic (exact) mass is 602 g/mol. The Morgan fingerprint density at radius 1 is 0.837 bits per heavy atom. The molecule has 6 N–H and O–H groups in total. The molecule has 2 aromatic rings. The molecule has 2 aromatic carbocycles. The molecular formula is C29H30O14. The summed E-state index contributed by atoms with van der Waals surface area (Å²) in [7, 11) is 0. The van der Waals surface area contributed by atoms with Crippen molar-refractivity contribution in [1.29, 1.82) is 0 Å². The highest BCUT2D eigenvalue weighted by Gasteiger charge is 2.77. The van der Waals surface area contributed by atoms with Crippen LogP contribution in [0.15, 0.2) is 60.9 Å². The number of aliphatic hydroxyl groups is 4. The molecule has 1 aliphatic carbocycles. The molecular weight excluding hydrogens is 572 g/mol. The molecule has 6 rings (SSSR count). The summed E-state index contributed by atoms with van der Waals surface area (Å²) in [5.41, 5.74) is -0.875. The van der Waals surface area contributed by atoms with Crippen molar-refractivity contribution in [2.45, 2.75) is 54.8 Å². The normalized spacial score (nSPS) is 37.5. The summed E-state index contributed by atoms with van der Waals surface area (Å²) in [6.45, 7) is -0.975. The summed E-state index contributed by atoms with van der Waals surface area (Å²) < 4.78 is 34.1. The highest BCUT2D eigenvalue weighted by atomic mass is 16.8. The number of aliphatic hydroxyl groups excluding tert-OH is 4. The number of carbonyl (C=O) groups excluding carboxylic acids is 2. The number of esters is 2. The van der Waals surface area contributed by atoms with Crippen molar-refractivity contribution in [1.82, 2.24) is 0 Å². The lowest BCUT2D eigenvalue weighted by Gasteiger charge is -2.43. The van der Waals surface area contributed by atoms with E-state index >= 15 is 0 Å². The van der Waals surface area contributed by atoms with Gasteiger partial charge in [0.2, 0.25) is 6.29 Å². The van der Waals surface area contributed by atoms with E-state index in [2.05, 4.69) is 0 Å². The SMILES string of the molecule is O=C(OC[C@H]1O[C@@H](O[C@@H]2OC=C[C@H]3[C@H](OC(=O)c4ccc(O)cc4)[C@@H]4O[C@@]4(CO)[C@@H]23)[C@H](O)[C@@H](O)[C@@H]1O)c1ccc(O)cc1. The molecule has 3 aliphatic heterocycles. The van der Waals surface area contributed by atoms with Gasteiger partial charge in [-0.1, -0.05) is 0 Å². The van der Waals surface area contributed by atoms with Gasteiger partial charge in [-0.15, -0.1) is 0 Å². The third-order valence-electron chi connectivity index (χ3n) is 8.25. The van der Waals surface area contributed by atoms with E-state index in [1.165, 1.54) is 54.8 Å². The van der Waals surface area contributed by atoms with Crippen molar-refractivity contribution < 1.29 is 68.6 Å². The summed E-state index contributed by atoms with van der Waals surface area (Å²) in [5, 5.41) is 60.9. The van der Waals surface area contributed by atoms with Gasteiger partial charge in [-0.3, -0.25) is 0 Å². The number of hydrogen-bond donors (Lipinski definition) is 6. The summed E-state index contributed by atoms with van der Waals surface area (Å²) >= 11 is 0. The van der Waals surface area contributed by atoms with Crippen LogP contribution in [0.3, 0.4) is 0 Å². The standard InChI is InChI=1S/C29H30O14/c30-12-29-19-17(23(24(29)43-29)41-26(37)14-3-7-16(32)8-4-14)9-10-38-27(19)42-28-22(35)21(34)20(33)18(40-28)11-39-25(36)13-1-5-15(31)6-2-13/h1-10,17-24,27-28,30-35H,11-12H2/t17-,18-,19-,20-,21+,22-,23+,24+,27+,28+,29+/m1/s1. The number of ether oxygens (including phenoxy) is 6. The third kappa shape index (κ3) is 5.31. The minimum absolute atomic E-state index is 0.0165. The Morgan fingerprint density at radius 2 is 1.47 bits per heavy atom. The molecule has 2 saturated heterocycles. The lowest BCUT2D eigenvalue weighted by Crippen LogP contribution is -2.60. The van der Waals surface area contributed by atoms with E-state index < -0.39 is 91.8 Å². The van der Waals surface area contributed by atoms with Gasteiger partial charge in [0.05, 0.1) is 29.9 Å². The average Bonchev–Trinajstić information content (AvgIpc) is 3.68. The van der Waals surface area contributed by atoms with Crippen molar-refractivity contribution in [2.24, 2.45) is 11.8 Å². The first-order valence-electron chi connectivity index (χ1n) is 13.5. The van der Waals surface area contributed by atoms with Crippen molar-refractivity contribution in [3.8, 4) is 11.5 Å². The molecule has 0 amide bonds. The maximum Gasteiger partial charge on any atom is 0.338 e. The summed E-state index contributed by atoms with van der Waals surface area (Å²) in [6, 6.07) is 10.8. The molecule has 0 aromatic heterocycles. The Morgan fingerprint density at radius 3 is 2.09 bits per heavy atom. The lowest BCUT2D eigenvalue weighted by atomic mass is 9.85. The number of carbonyl (C=O) groups is 2. The van der Waals surface area contributed by atoms with Crippen LogP contribution in [0, 0.1) is 11.8 Å². The highest BCUT2D eigenvalue weighted by Crippen LogP contribution is 2.60. The summed E-state index contributed by atoms with van der Waals surface area (Å²) in [5.74, 6) is -2.79. The Balaban J connectivity index is 1.14. The predicted octanol–water partition coefficient (Wildman–Crippen LogP) is -0.450. The van der Waals surface area contributed by atoms with E-state index in [4.69, 9.17) is 28.4 Å². The second-order valence-electron chi connectivity index (χ2n) is 10.8. The number of phenolic OH excluding ortho intramolecular Hbond substituents is 2. The van der Waals surface area contributed by atoms with Gasteiger partial charge in [0.1, 0.15) is 60.3 Å². The zero-order valence-electron chi connectivity index (χ0n) is 22.4. The van der Waals surface area contributed by atoms with Gasteiger partial charge in [-0.25, -0.2) is 9.59 Å². The van der Waals surface area contributed by atoms with Gasteiger partial charge in [0.15, 0.2) is 6.29 Å². The van der Waals surface area contributed by atoms with Crippen LogP contribution in [0.2, 0.25) is 0 Å². The first-order valence-corrected chi connectivity index (χ1v) is 13.5. The van der Waals surface area contributed by atoms with Crippen LogP contribution in [0.4, 0.5) is 0 Å². The van der Waals surface area contributed by atoms with E-state index in [9.17, 15) is 40.2 Å². The molecule has 14 nitrogen and oxygen atoms in total. The van der Waals surface area contributed by atoms with Crippen LogP contribution < -0.4 is 0 Å². The largest absolute Gasteiger partial charge is 0.508 e. The van der Waals surface area contributed by atoms with Gasteiger partial charge in [-0.05, 0) is 54.6 Å². The Labute approximate surface area is 244 Å². The molecule has 3 heterocycles. The maximum absolute atomic E-state index is 12.8. The quantitative estimate of drug-likeness (QED) is 0.167. The van der Waals surface area contributed by atoms with Crippen LogP contribution >= 0.6 is 0 Å². The topological polar surface area (TPSA) is 214 Å². The van der Waals surface area contributed by atoms with Crippen molar-refractivity contribution >= 4 is 11.9 Å². The highest BCUT2D eigenvalue weighted by molar-refractivity contribution is 5.90. The maximum atomic E-state index is 12.8. The number of hydrogen-bond acceptors (Lipinski definition) is 14. The Bertz CT molecular complexity index is 1360. The molecule has 43 heavy (non-hydrogen) atoms. The molecule has 11 atom stereocenters. The number of rotatable bonds is 8. The van der Waals surface area contributed by atoms with Crippen LogP contribution in [0.25, 0.3) is 0 Å². The first kappa shape index (κ1) is 29.3. The predicted molar refractivity (Wildman–Crippen MR) is 139 cm³/mol. The average molecular weight is 603 g/mol. The summed E-state index contributed by atoms with van der Waals surface area (Å²) in [6.07, 6.45) is -7.77. The van der Waals surface area contributed by atoms with Gasteiger partial charge < -0.3 is 59.1 Å². The Hall–Kier alpha value is -3.76. The number of benzene rings is 2. The fraction of sp³-hybridized carbons (Fsp3) is 0.448. The van der Waals surface area contributed by atoms with E-state index in [1.54, 1.807) is 6.08 Å². The van der Waals surface area contributed by atoms with Crippen molar-refractivity contribution in [3.63, 3.8) is 0 Å². The minimum atomic E-state index is -1.75. The zero-order valence-corrected chi connectivity index (χ0v) is 22.4. The smallest absolute Gasteiger partial charge is 0.338 e. The number of phenols is 2. The fourth-order valence-corrected chi connectivity index (χ4v) is 5.90. The van der Waals surface area contributed by atoms with Crippen LogP contribution in [0.5, 0.6) is 11.5 Å². The molecule has 4 aliphatic rings. The second kappa shape index (κ2) is 11.4. The van der Waals surface area contributed by atoms with Crippen molar-refractivity contribution in [2.75, 3.05) is 13.2 Å². The van der Waals surface area contributed by atoms with Gasteiger partial charge in [0.25, 0.3) is 0 Å². The van der Waals surface area contributed by atoms with Crippen LogP contribution in [0.1, 0.15) is 20.7 Å². The molecule has 0 spiro atoms. The molecule has 1 saturated carbocycles. The molecule has 0 unspecified atom stereocenters. The summed E-state index contributed by atoms with van der Waals surface area (Å²) in [4.78, 5) is 25.2. The first-order chi connectivity index (χ1) is 20.6. The second-order valence-corrected chi connectivity index (χ2v) is 10.8. The molecule has 0 radical (unpaired) electrons. The number of fused-ring (bicyclic) bond motifs is 3. The fourth-order valence-electron chi connectivity index (χ4n) is 5.90. The zero-order chi connectivity index (χ0) is 30.5. The molecule has 3 fully saturated rings. The lowest BCUT2D eigenvalue weighted by molar-refractivity contribution is -0.344. The van der Waals surface area contributed by atoms with E-state index in [-0.39, 0.29) is 22.6 Å². The van der Waals surface area contributed by atoms with Gasteiger partial charge >= 0.3 is 11.9 Å². The minimum Gasteiger partial charge on any atom is -0.508 e. The van der Waals surface area contributed by atoms with Crippen LogP contribution in [-0.4, -0.2) is 111 Å². The molecule has 0 bridgehead atoms. The van der Waals surface area contributed by atoms with E-state index in [0.717, 1.165) is 0 Å². The van der Waals surface area contributed by atoms with Gasteiger partial charge in [-0.2, -0.15) is 0 Å². The van der Waals surface area contributed by atoms with E-state index in [1.807, 2.05) is 0 Å². The Kier molecular flexibility index (Phi) is 7.76. The third-order valence-corrected chi connectivity index (χ3v) is 8.25.